The van der Waals surface area contributed by atoms with Gasteiger partial charge in [0.05, 0.1) is 19.2 Å². The van der Waals surface area contributed by atoms with Gasteiger partial charge in [-0.15, -0.1) is 11.3 Å². The number of nitrogens with zero attached hydrogens (tertiary/aromatic N) is 2. The first-order valence-corrected chi connectivity index (χ1v) is 9.78. The number of primary amides is 1. The van der Waals surface area contributed by atoms with E-state index in [9.17, 15) is 4.79 Å². The van der Waals surface area contributed by atoms with Gasteiger partial charge >= 0.3 is 0 Å². The van der Waals surface area contributed by atoms with Crippen LogP contribution in [0.2, 0.25) is 0 Å². The Morgan fingerprint density at radius 2 is 2.00 bits per heavy atom. The summed E-state index contributed by atoms with van der Waals surface area (Å²) in [6, 6.07) is 5.38. The lowest BCUT2D eigenvalue weighted by atomic mass is 10.1. The number of hydrogen-bond acceptors (Lipinski definition) is 6. The molecule has 0 spiro atoms. The topological polar surface area (TPSA) is 77.7 Å². The Hall–Kier alpha value is -2.98. The molecule has 2 heterocycles. The monoisotopic (exact) mass is 397 g/mol. The highest BCUT2D eigenvalue weighted by Gasteiger charge is 2.26. The SMILES string of the molecule is CC=CN1CCC(c2nc(C#Cc3cc(OC)cc(OC)c3)c(C(N)=O)s2)C1. The minimum Gasteiger partial charge on any atom is -0.497 e. The van der Waals surface area contributed by atoms with Crippen molar-refractivity contribution in [3.05, 3.63) is 51.6 Å². The van der Waals surface area contributed by atoms with Crippen molar-refractivity contribution in [3.63, 3.8) is 0 Å². The van der Waals surface area contributed by atoms with E-state index in [-0.39, 0.29) is 5.92 Å². The molecule has 6 nitrogen and oxygen atoms in total. The number of carbonyl (C=O) groups excluding carboxylic acids is 1. The molecule has 1 aliphatic heterocycles. The molecular formula is C21H23N3O3S. The Balaban J connectivity index is 1.90. The van der Waals surface area contributed by atoms with Crippen LogP contribution in [0, 0.1) is 11.8 Å². The maximum atomic E-state index is 11.9. The van der Waals surface area contributed by atoms with E-state index >= 15 is 0 Å². The summed E-state index contributed by atoms with van der Waals surface area (Å²) >= 11 is 1.35. The van der Waals surface area contributed by atoms with Gasteiger partial charge in [-0.05, 0) is 37.6 Å². The van der Waals surface area contributed by atoms with E-state index in [0.717, 1.165) is 24.5 Å². The van der Waals surface area contributed by atoms with Crippen molar-refractivity contribution < 1.29 is 14.3 Å². The summed E-state index contributed by atoms with van der Waals surface area (Å²) < 4.78 is 10.5. The third-order valence-corrected chi connectivity index (χ3v) is 5.71. The number of nitrogens with two attached hydrogens (primary N) is 1. The second-order valence-electron chi connectivity index (χ2n) is 6.41. The largest absolute Gasteiger partial charge is 0.497 e. The lowest BCUT2D eigenvalue weighted by molar-refractivity contribution is 0.100. The van der Waals surface area contributed by atoms with Gasteiger partial charge in [-0.1, -0.05) is 12.0 Å². The highest BCUT2D eigenvalue weighted by Crippen LogP contribution is 2.32. The molecule has 2 aromatic rings. The number of aromatic nitrogens is 1. The Morgan fingerprint density at radius 1 is 1.29 bits per heavy atom. The van der Waals surface area contributed by atoms with Crippen LogP contribution in [0.4, 0.5) is 0 Å². The molecule has 7 heteroatoms. The average molecular weight is 398 g/mol. The second kappa shape index (κ2) is 8.81. The van der Waals surface area contributed by atoms with Crippen LogP contribution in [0.1, 0.15) is 45.2 Å². The molecule has 0 aliphatic carbocycles. The van der Waals surface area contributed by atoms with Gasteiger partial charge in [0, 0.05) is 30.6 Å². The zero-order chi connectivity index (χ0) is 20.1. The van der Waals surface area contributed by atoms with Gasteiger partial charge in [0.2, 0.25) is 0 Å². The quantitative estimate of drug-likeness (QED) is 0.785. The Labute approximate surface area is 169 Å². The summed E-state index contributed by atoms with van der Waals surface area (Å²) in [5, 5.41) is 0.910. The summed E-state index contributed by atoms with van der Waals surface area (Å²) in [7, 11) is 3.17. The van der Waals surface area contributed by atoms with Crippen molar-refractivity contribution in [1.29, 1.82) is 0 Å². The van der Waals surface area contributed by atoms with Crippen molar-refractivity contribution in [2.24, 2.45) is 5.73 Å². The molecule has 28 heavy (non-hydrogen) atoms. The minimum atomic E-state index is -0.500. The first-order valence-electron chi connectivity index (χ1n) is 8.96. The van der Waals surface area contributed by atoms with Crippen molar-refractivity contribution in [2.45, 2.75) is 19.3 Å². The highest BCUT2D eigenvalue weighted by atomic mass is 32.1. The molecule has 1 unspecified atom stereocenters. The molecule has 2 N–H and O–H groups in total. The standard InChI is InChI=1S/C21H23N3O3S/c1-4-8-24-9-7-15(13-24)21-23-18(19(28-21)20(22)25)6-5-14-10-16(26-2)12-17(11-14)27-3/h4,8,10-12,15H,7,9,13H2,1-3H3,(H2,22,25). The number of ether oxygens (including phenoxy) is 2. The lowest BCUT2D eigenvalue weighted by Crippen LogP contribution is -2.12. The van der Waals surface area contributed by atoms with Gasteiger partial charge < -0.3 is 20.1 Å². The maximum Gasteiger partial charge on any atom is 0.261 e. The third kappa shape index (κ3) is 4.46. The van der Waals surface area contributed by atoms with E-state index < -0.39 is 5.91 Å². The van der Waals surface area contributed by atoms with Gasteiger partial charge in [-0.25, -0.2) is 4.98 Å². The Morgan fingerprint density at radius 3 is 2.61 bits per heavy atom. The van der Waals surface area contributed by atoms with Crippen LogP contribution in [0.25, 0.3) is 0 Å². The molecule has 1 amide bonds. The van der Waals surface area contributed by atoms with E-state index in [1.54, 1.807) is 32.4 Å². The normalized spacial score (nSPS) is 16.1. The number of methoxy groups -OCH3 is 2. The zero-order valence-corrected chi connectivity index (χ0v) is 17.0. The van der Waals surface area contributed by atoms with Crippen molar-refractivity contribution in [2.75, 3.05) is 27.3 Å². The minimum absolute atomic E-state index is 0.284. The van der Waals surface area contributed by atoms with Gasteiger partial charge in [-0.3, -0.25) is 4.79 Å². The molecule has 1 aromatic heterocycles. The second-order valence-corrected chi connectivity index (χ2v) is 7.44. The predicted octanol–water partition coefficient (Wildman–Crippen LogP) is 2.98. The predicted molar refractivity (Wildman–Crippen MR) is 110 cm³/mol. The van der Waals surface area contributed by atoms with Crippen molar-refractivity contribution >= 4 is 17.2 Å². The van der Waals surface area contributed by atoms with Crippen LogP contribution in [0.3, 0.4) is 0 Å². The molecular weight excluding hydrogens is 374 g/mol. The average Bonchev–Trinajstić information content (AvgIpc) is 3.33. The number of rotatable bonds is 5. The summed E-state index contributed by atoms with van der Waals surface area (Å²) in [4.78, 5) is 19.2. The zero-order valence-electron chi connectivity index (χ0n) is 16.2. The number of carbonyl (C=O) groups is 1. The fourth-order valence-corrected chi connectivity index (χ4v) is 4.11. The van der Waals surface area contributed by atoms with E-state index in [1.165, 1.54) is 11.3 Å². The number of thiazole rings is 1. The highest BCUT2D eigenvalue weighted by molar-refractivity contribution is 7.14. The molecule has 1 atom stereocenters. The summed E-state index contributed by atoms with van der Waals surface area (Å²) in [6.07, 6.45) is 5.11. The maximum absolute atomic E-state index is 11.9. The molecule has 1 saturated heterocycles. The van der Waals surface area contributed by atoms with E-state index in [0.29, 0.717) is 27.6 Å². The number of allylic oxidation sites excluding steroid dienone is 1. The first kappa shape index (κ1) is 19.8. The van der Waals surface area contributed by atoms with Gasteiger partial charge in [0.1, 0.15) is 22.1 Å². The molecule has 0 radical (unpaired) electrons. The molecule has 146 valence electrons. The van der Waals surface area contributed by atoms with Gasteiger partial charge in [-0.2, -0.15) is 0 Å². The van der Waals surface area contributed by atoms with E-state index in [4.69, 9.17) is 15.2 Å². The van der Waals surface area contributed by atoms with Crippen LogP contribution < -0.4 is 15.2 Å². The molecule has 0 saturated carbocycles. The Bertz CT molecular complexity index is 933. The van der Waals surface area contributed by atoms with Gasteiger partial charge in [0.15, 0.2) is 0 Å². The van der Waals surface area contributed by atoms with E-state index in [2.05, 4.69) is 27.9 Å². The van der Waals surface area contributed by atoms with Crippen molar-refractivity contribution in [1.82, 2.24) is 9.88 Å². The molecule has 1 fully saturated rings. The number of amides is 1. The molecule has 1 aromatic carbocycles. The Kier molecular flexibility index (Phi) is 6.22. The fraction of sp³-hybridized carbons (Fsp3) is 0.333. The fourth-order valence-electron chi connectivity index (χ4n) is 3.11. The smallest absolute Gasteiger partial charge is 0.261 e. The lowest BCUT2D eigenvalue weighted by Gasteiger charge is -2.11. The van der Waals surface area contributed by atoms with Gasteiger partial charge in [0.25, 0.3) is 5.91 Å². The van der Waals surface area contributed by atoms with Crippen LogP contribution in [0.5, 0.6) is 11.5 Å². The molecule has 0 bridgehead atoms. The summed E-state index contributed by atoms with van der Waals surface area (Å²) in [5.74, 6) is 7.12. The summed E-state index contributed by atoms with van der Waals surface area (Å²) in [6.45, 7) is 3.87. The number of likely N-dealkylation sites (tertiary alicyclic amines) is 1. The van der Waals surface area contributed by atoms with E-state index in [1.807, 2.05) is 13.0 Å². The van der Waals surface area contributed by atoms with Crippen LogP contribution in [-0.2, 0) is 0 Å². The third-order valence-electron chi connectivity index (χ3n) is 4.47. The van der Waals surface area contributed by atoms with Crippen molar-refractivity contribution in [3.8, 4) is 23.3 Å². The van der Waals surface area contributed by atoms with Crippen LogP contribution in [-0.4, -0.2) is 43.1 Å². The molecule has 1 aliphatic rings. The number of benzene rings is 1. The molecule has 3 rings (SSSR count). The first-order chi connectivity index (χ1) is 13.5. The van der Waals surface area contributed by atoms with Crippen LogP contribution >= 0.6 is 11.3 Å². The summed E-state index contributed by atoms with van der Waals surface area (Å²) in [5.41, 5.74) is 6.70. The number of hydrogen-bond donors (Lipinski definition) is 1. The van der Waals surface area contributed by atoms with Crippen LogP contribution in [0.15, 0.2) is 30.5 Å².